The Labute approximate surface area is 600 Å². The summed E-state index contributed by atoms with van der Waals surface area (Å²) in [5, 5.41) is 26.2. The van der Waals surface area contributed by atoms with Crippen LogP contribution in [0.4, 0.5) is 21.9 Å². The summed E-state index contributed by atoms with van der Waals surface area (Å²) >= 11 is 0. The standard InChI is InChI=1S/2C15H21NO.C14H18N2O.C14H20N2O.C14H18O2.C14H20OS/c2*1-15(2,3)12-8-5-9-13(10-12)16-14(17)11-6-4-7-11;1-14(2,3)11-6-7-12(13(10-11)17-4)16-9-5-8-15-16;1-14(2,3)10-5-4-6-12(9-10)16-13(17)15-11-7-8-11;1-13(2,3)11-6-4-5-10(9-11)12(15)14(16)7-8-14;1-14(2,3)11-6-5-7-13(10-11)16(4,15)12-8-9-12/h2*5,8-11H,4,6-7H2,1-3H3,(H,16,17);5-10H,1-4H3;4-6,9,11H,7-8H2,1-3H3,(H2,15,16,17);4-6,9,16H,7-8H2,1-3H3;5-7,10,12H,4,8-9H2,1-3H3. The van der Waals surface area contributed by atoms with E-state index in [-0.39, 0.29) is 68.0 Å². The number of benzene rings is 6. The summed E-state index contributed by atoms with van der Waals surface area (Å²) in [6.07, 6.45) is 15.8. The molecule has 540 valence electrons. The van der Waals surface area contributed by atoms with E-state index in [0.717, 1.165) is 90.3 Å². The number of urea groups is 1. The van der Waals surface area contributed by atoms with E-state index < -0.39 is 15.1 Å². The highest BCUT2D eigenvalue weighted by molar-refractivity contribution is 8.01. The van der Waals surface area contributed by atoms with E-state index in [2.05, 4.69) is 211 Å². The Morgan fingerprint density at radius 2 is 0.900 bits per heavy atom. The zero-order chi connectivity index (χ0) is 73.8. The molecule has 1 atom stereocenters. The summed E-state index contributed by atoms with van der Waals surface area (Å²) in [6.45, 7) is 39.0. The number of Topliss-reactive ketones (excluding diaryl/α,β-unsaturated/α-hetero) is 1. The van der Waals surface area contributed by atoms with Crippen LogP contribution in [0.1, 0.15) is 245 Å². The van der Waals surface area contributed by atoms with Crippen LogP contribution in [-0.2, 0) is 51.6 Å². The van der Waals surface area contributed by atoms with Gasteiger partial charge in [0.05, 0.1) is 7.11 Å². The first-order valence-electron chi connectivity index (χ1n) is 36.1. The van der Waals surface area contributed by atoms with Crippen molar-refractivity contribution in [1.82, 2.24) is 15.1 Å². The average Bonchev–Trinajstić information content (AvgIpc) is 1.66. The number of ether oxygens (including phenoxy) is 1. The van der Waals surface area contributed by atoms with Crippen molar-refractivity contribution in [2.45, 2.75) is 256 Å². The number of hydrogen-bond donors (Lipinski definition) is 5. The Kier molecular flexibility index (Phi) is 26.1. The van der Waals surface area contributed by atoms with Gasteiger partial charge in [-0.15, -0.1) is 0 Å². The van der Waals surface area contributed by atoms with Gasteiger partial charge in [-0.1, -0.05) is 210 Å². The van der Waals surface area contributed by atoms with E-state index >= 15 is 0 Å². The van der Waals surface area contributed by atoms with E-state index in [4.69, 9.17) is 4.74 Å². The first-order chi connectivity index (χ1) is 46.5. The quantitative estimate of drug-likeness (QED) is 0.0592. The van der Waals surface area contributed by atoms with Crippen LogP contribution < -0.4 is 26.0 Å². The van der Waals surface area contributed by atoms with Gasteiger partial charge >= 0.3 is 6.03 Å². The summed E-state index contributed by atoms with van der Waals surface area (Å²) in [4.78, 5) is 48.2. The van der Waals surface area contributed by atoms with Gasteiger partial charge in [0.2, 0.25) is 11.8 Å². The number of nitrogens with zero attached hydrogens (tertiary/aromatic N) is 2. The minimum Gasteiger partial charge on any atom is -0.494 e. The van der Waals surface area contributed by atoms with Gasteiger partial charge in [-0.3, -0.25) is 18.6 Å². The third-order valence-electron chi connectivity index (χ3n) is 18.9. The number of ketones is 1. The van der Waals surface area contributed by atoms with Crippen LogP contribution in [0.5, 0.6) is 5.75 Å². The molecule has 13 nitrogen and oxygen atoms in total. The van der Waals surface area contributed by atoms with E-state index in [1.807, 2.05) is 95.8 Å². The lowest BCUT2D eigenvalue weighted by Crippen LogP contribution is -2.30. The molecule has 0 saturated heterocycles. The third-order valence-corrected chi connectivity index (χ3v) is 21.5. The van der Waals surface area contributed by atoms with Crippen molar-refractivity contribution in [3.05, 3.63) is 197 Å². The number of aliphatic hydroxyl groups is 1. The van der Waals surface area contributed by atoms with Crippen molar-refractivity contribution in [3.8, 4) is 11.4 Å². The van der Waals surface area contributed by atoms with Crippen LogP contribution in [0.25, 0.3) is 5.69 Å². The first kappa shape index (κ1) is 79.5. The molecule has 0 bridgehead atoms. The highest BCUT2D eigenvalue weighted by Gasteiger charge is 2.48. The van der Waals surface area contributed by atoms with Crippen molar-refractivity contribution >= 4 is 56.1 Å². The smallest absolute Gasteiger partial charge is 0.319 e. The molecule has 100 heavy (non-hydrogen) atoms. The fourth-order valence-electron chi connectivity index (χ4n) is 10.9. The molecule has 1 aromatic heterocycles. The van der Waals surface area contributed by atoms with Gasteiger partial charge in [-0.05, 0) is 218 Å². The number of anilines is 3. The number of carbonyl (C=O) groups is 4. The normalized spacial score (nSPS) is 16.4. The zero-order valence-electron chi connectivity index (χ0n) is 63.7. The molecule has 5 fully saturated rings. The number of nitrogens with one attached hydrogen (secondary N) is 4. The number of amides is 4. The largest absolute Gasteiger partial charge is 0.494 e. The Morgan fingerprint density at radius 3 is 1.27 bits per heavy atom. The van der Waals surface area contributed by atoms with Gasteiger partial charge < -0.3 is 31.1 Å². The maximum atomic E-state index is 12.5. The predicted octanol–water partition coefficient (Wildman–Crippen LogP) is 19.8. The highest BCUT2D eigenvalue weighted by atomic mass is 32.2. The second-order valence-electron chi connectivity index (χ2n) is 34.1. The number of methoxy groups -OCH3 is 1. The summed E-state index contributed by atoms with van der Waals surface area (Å²) in [5.41, 5.74) is 11.2. The maximum Gasteiger partial charge on any atom is 0.319 e. The number of rotatable bonds is 12. The molecule has 7 aromatic rings. The molecule has 0 spiro atoms. The van der Waals surface area contributed by atoms with E-state index in [9.17, 15) is 28.5 Å². The fourth-order valence-corrected chi connectivity index (χ4v) is 12.8. The predicted molar refractivity (Wildman–Crippen MR) is 417 cm³/mol. The lowest BCUT2D eigenvalue weighted by molar-refractivity contribution is -0.122. The summed E-state index contributed by atoms with van der Waals surface area (Å²) < 4.78 is 19.8. The fraction of sp³-hybridized carbons (Fsp3) is 0.488. The van der Waals surface area contributed by atoms with Gasteiger partial charge in [0.1, 0.15) is 17.0 Å². The van der Waals surface area contributed by atoms with Crippen molar-refractivity contribution in [1.29, 1.82) is 0 Å². The highest BCUT2D eigenvalue weighted by Crippen LogP contribution is 2.40. The van der Waals surface area contributed by atoms with Gasteiger partial charge in [-0.25, -0.2) is 9.48 Å². The molecule has 14 heteroatoms. The SMILES string of the molecule is C=S(=O)(c1cccc(C(C)(C)C)c1)C1CC1.CC(C)(C)c1cccc(C(=O)C2(O)CC2)c1.CC(C)(C)c1cccc(NC(=O)C2CCC2)c1.CC(C)(C)c1cccc(NC(=O)C2CCC2)c1.CC(C)(C)c1cccc(NC(=O)NC2CC2)c1.COc1cc(C(C)(C)C)ccc1-n1cccn1. The Hall–Kier alpha value is -7.81. The summed E-state index contributed by atoms with van der Waals surface area (Å²) in [6, 6.07) is 48.5. The molecule has 0 aliphatic heterocycles. The van der Waals surface area contributed by atoms with Gasteiger partial charge in [0.15, 0.2) is 5.78 Å². The van der Waals surface area contributed by atoms with Gasteiger partial charge in [-0.2, -0.15) is 5.10 Å². The number of hydrogen-bond acceptors (Lipinski definition) is 8. The molecular weight excluding hydrogens is 1260 g/mol. The minimum absolute atomic E-state index is 0.0302. The van der Waals surface area contributed by atoms with Gasteiger partial charge in [0.25, 0.3) is 0 Å². The van der Waals surface area contributed by atoms with Crippen LogP contribution in [0.3, 0.4) is 0 Å². The Bertz CT molecular complexity index is 3910. The van der Waals surface area contributed by atoms with E-state index in [0.29, 0.717) is 29.7 Å². The number of aromatic nitrogens is 2. The Balaban J connectivity index is 0.000000169. The molecule has 1 heterocycles. The van der Waals surface area contributed by atoms with Crippen molar-refractivity contribution in [2.75, 3.05) is 23.1 Å². The summed E-state index contributed by atoms with van der Waals surface area (Å²) in [7, 11) is -0.359. The molecule has 0 radical (unpaired) electrons. The lowest BCUT2D eigenvalue weighted by Gasteiger charge is -2.25. The average molecular weight is 1380 g/mol. The van der Waals surface area contributed by atoms with Crippen LogP contribution in [0, 0.1) is 11.8 Å². The molecule has 6 aromatic carbocycles. The Morgan fingerprint density at radius 1 is 0.500 bits per heavy atom. The second kappa shape index (κ2) is 32.9. The summed E-state index contributed by atoms with van der Waals surface area (Å²) in [5.74, 6) is 5.53. The minimum atomic E-state index is -2.05. The molecule has 1 unspecified atom stereocenters. The molecular formula is C86H118N6O7S. The molecule has 4 amide bonds. The third kappa shape index (κ3) is 23.9. The van der Waals surface area contributed by atoms with Gasteiger partial charge in [0, 0.05) is 63.0 Å². The van der Waals surface area contributed by atoms with Crippen LogP contribution in [0.15, 0.2) is 163 Å². The topological polar surface area (TPSA) is 181 Å². The van der Waals surface area contributed by atoms with Crippen molar-refractivity contribution in [2.24, 2.45) is 11.8 Å². The van der Waals surface area contributed by atoms with Crippen LogP contribution >= 0.6 is 0 Å². The first-order valence-corrected chi connectivity index (χ1v) is 37.9. The molecule has 5 aliphatic rings. The molecule has 5 aliphatic carbocycles. The zero-order valence-corrected chi connectivity index (χ0v) is 64.5. The maximum absolute atomic E-state index is 12.5. The lowest BCUT2D eigenvalue weighted by atomic mass is 9.84. The number of carbonyl (C=O) groups excluding carboxylic acids is 4. The van der Waals surface area contributed by atoms with E-state index in [1.54, 1.807) is 19.4 Å². The van der Waals surface area contributed by atoms with E-state index in [1.165, 1.54) is 40.7 Å². The molecule has 12 rings (SSSR count). The van der Waals surface area contributed by atoms with Crippen LogP contribution in [0.2, 0.25) is 0 Å². The molecule has 5 saturated carbocycles. The van der Waals surface area contributed by atoms with Crippen molar-refractivity contribution < 1.29 is 33.2 Å². The monoisotopic (exact) mass is 1380 g/mol. The second-order valence-corrected chi connectivity index (χ2v) is 36.7. The van der Waals surface area contributed by atoms with Crippen molar-refractivity contribution in [3.63, 3.8) is 0 Å². The van der Waals surface area contributed by atoms with Crippen LogP contribution in [-0.4, -0.2) is 72.6 Å². The molecule has 5 N–H and O–H groups in total.